The van der Waals surface area contributed by atoms with Gasteiger partial charge in [0.2, 0.25) is 0 Å². The maximum absolute atomic E-state index is 13.8. The van der Waals surface area contributed by atoms with E-state index in [1.807, 2.05) is 0 Å². The lowest BCUT2D eigenvalue weighted by Crippen LogP contribution is -2.31. The minimum Gasteiger partial charge on any atom is -0.396 e. The van der Waals surface area contributed by atoms with E-state index in [2.05, 4.69) is 5.10 Å². The molecule has 2 aromatic rings. The van der Waals surface area contributed by atoms with Gasteiger partial charge in [-0.1, -0.05) is 18.2 Å². The largest absolute Gasteiger partial charge is 0.396 e. The summed E-state index contributed by atoms with van der Waals surface area (Å²) in [6.45, 7) is 1.76. The van der Waals surface area contributed by atoms with Gasteiger partial charge in [-0.05, 0) is 13.0 Å². The minimum absolute atomic E-state index is 0.179. The highest BCUT2D eigenvalue weighted by molar-refractivity contribution is 5.97. The molecule has 5 nitrogen and oxygen atoms in total. The third-order valence-corrected chi connectivity index (χ3v) is 3.32. The number of halogens is 1. The molecule has 0 saturated carbocycles. The quantitative estimate of drug-likeness (QED) is 0.932. The predicted molar refractivity (Wildman–Crippen MR) is 74.5 cm³/mol. The van der Waals surface area contributed by atoms with E-state index in [1.54, 1.807) is 45.4 Å². The van der Waals surface area contributed by atoms with E-state index in [4.69, 9.17) is 5.73 Å². The molecule has 0 spiro atoms. The summed E-state index contributed by atoms with van der Waals surface area (Å²) >= 11 is 0. The fourth-order valence-electron chi connectivity index (χ4n) is 2.04. The number of carbonyl (C=O) groups is 1. The van der Waals surface area contributed by atoms with Crippen LogP contribution >= 0.6 is 0 Å². The Balaban J connectivity index is 2.27. The maximum atomic E-state index is 13.8. The molecule has 0 saturated heterocycles. The average Bonchev–Trinajstić information content (AvgIpc) is 2.76. The van der Waals surface area contributed by atoms with Gasteiger partial charge in [0.15, 0.2) is 5.69 Å². The van der Waals surface area contributed by atoms with Crippen molar-refractivity contribution in [2.75, 3.05) is 12.8 Å². The van der Waals surface area contributed by atoms with Gasteiger partial charge in [-0.15, -0.1) is 0 Å². The topological polar surface area (TPSA) is 64.2 Å². The highest BCUT2D eigenvalue weighted by Crippen LogP contribution is 2.23. The first-order valence-corrected chi connectivity index (χ1v) is 6.22. The fourth-order valence-corrected chi connectivity index (χ4v) is 2.04. The minimum atomic E-state index is -0.412. The van der Waals surface area contributed by atoms with E-state index in [0.29, 0.717) is 11.3 Å². The van der Waals surface area contributed by atoms with Gasteiger partial charge in [0.05, 0.1) is 11.7 Å². The predicted octanol–water partition coefficient (Wildman–Crippen LogP) is 1.97. The number of aromatic nitrogens is 2. The third-order valence-electron chi connectivity index (χ3n) is 3.32. The molecule has 6 heteroatoms. The van der Waals surface area contributed by atoms with Crippen molar-refractivity contribution < 1.29 is 9.18 Å². The van der Waals surface area contributed by atoms with Crippen LogP contribution in [0.2, 0.25) is 0 Å². The summed E-state index contributed by atoms with van der Waals surface area (Å²) in [5.41, 5.74) is 6.69. The zero-order valence-corrected chi connectivity index (χ0v) is 11.7. The number of amides is 1. The van der Waals surface area contributed by atoms with Crippen molar-refractivity contribution in [3.63, 3.8) is 0 Å². The van der Waals surface area contributed by atoms with Crippen molar-refractivity contribution in [1.82, 2.24) is 14.7 Å². The summed E-state index contributed by atoms with van der Waals surface area (Å²) in [6.07, 6.45) is 1.56. The Kier molecular flexibility index (Phi) is 3.74. The number of aryl methyl sites for hydroxylation is 1. The van der Waals surface area contributed by atoms with Crippen molar-refractivity contribution in [2.24, 2.45) is 7.05 Å². The summed E-state index contributed by atoms with van der Waals surface area (Å²) in [5.74, 6) is -0.674. The Morgan fingerprint density at radius 3 is 2.65 bits per heavy atom. The average molecular weight is 276 g/mol. The molecule has 1 amide bonds. The van der Waals surface area contributed by atoms with Gasteiger partial charge in [-0.2, -0.15) is 5.10 Å². The zero-order valence-electron chi connectivity index (χ0n) is 11.7. The molecule has 2 rings (SSSR count). The van der Waals surface area contributed by atoms with Gasteiger partial charge in [0, 0.05) is 25.9 Å². The number of hydrogen-bond donors (Lipinski definition) is 1. The lowest BCUT2D eigenvalue weighted by atomic mass is 10.1. The van der Waals surface area contributed by atoms with Crippen molar-refractivity contribution in [3.05, 3.63) is 47.5 Å². The van der Waals surface area contributed by atoms with Crippen LogP contribution in [0.1, 0.15) is 29.0 Å². The van der Waals surface area contributed by atoms with Crippen LogP contribution in [0.25, 0.3) is 0 Å². The Bertz CT molecular complexity index is 638. The number of nitrogens with two attached hydrogens (primary N) is 1. The normalized spacial score (nSPS) is 12.2. The van der Waals surface area contributed by atoms with Gasteiger partial charge in [0.25, 0.3) is 5.91 Å². The monoisotopic (exact) mass is 276 g/mol. The van der Waals surface area contributed by atoms with E-state index in [0.717, 1.165) is 0 Å². The summed E-state index contributed by atoms with van der Waals surface area (Å²) in [6, 6.07) is 5.97. The molecule has 0 aliphatic rings. The number of carbonyl (C=O) groups excluding carboxylic acids is 1. The lowest BCUT2D eigenvalue weighted by Gasteiger charge is -2.25. The van der Waals surface area contributed by atoms with Crippen LogP contribution in [0, 0.1) is 5.82 Å². The van der Waals surface area contributed by atoms with Crippen LogP contribution in [0.3, 0.4) is 0 Å². The number of benzene rings is 1. The molecule has 1 atom stereocenters. The number of rotatable bonds is 3. The number of nitrogens with zero attached hydrogens (tertiary/aromatic N) is 3. The summed E-state index contributed by atoms with van der Waals surface area (Å²) in [7, 11) is 3.29. The van der Waals surface area contributed by atoms with Crippen LogP contribution in [0.4, 0.5) is 10.1 Å². The third kappa shape index (κ3) is 2.49. The molecule has 20 heavy (non-hydrogen) atoms. The molecular formula is C14H17FN4O. The highest BCUT2D eigenvalue weighted by atomic mass is 19.1. The molecule has 1 aromatic carbocycles. The van der Waals surface area contributed by atoms with Crippen LogP contribution in [0.15, 0.2) is 30.5 Å². The standard InChI is InChI=1S/C14H17FN4O/c1-9(10-6-4-5-7-11(10)15)19(3)14(20)13-12(16)8-18(2)17-13/h4-9H,16H2,1-3H3. The Labute approximate surface area is 116 Å². The summed E-state index contributed by atoms with van der Waals surface area (Å²) in [4.78, 5) is 13.8. The number of nitrogen functional groups attached to an aromatic ring is 1. The smallest absolute Gasteiger partial charge is 0.276 e. The number of hydrogen-bond acceptors (Lipinski definition) is 3. The molecule has 0 radical (unpaired) electrons. The van der Waals surface area contributed by atoms with Crippen LogP contribution in [-0.4, -0.2) is 27.6 Å². The van der Waals surface area contributed by atoms with E-state index in [1.165, 1.54) is 15.6 Å². The van der Waals surface area contributed by atoms with E-state index in [-0.39, 0.29) is 17.4 Å². The first-order chi connectivity index (χ1) is 9.41. The van der Waals surface area contributed by atoms with E-state index >= 15 is 0 Å². The first-order valence-electron chi connectivity index (χ1n) is 6.22. The Morgan fingerprint density at radius 1 is 1.45 bits per heavy atom. The summed E-state index contributed by atoms with van der Waals surface area (Å²) < 4.78 is 15.2. The van der Waals surface area contributed by atoms with E-state index in [9.17, 15) is 9.18 Å². The van der Waals surface area contributed by atoms with Gasteiger partial charge in [0.1, 0.15) is 5.82 Å². The molecule has 0 bridgehead atoms. The Hall–Kier alpha value is -2.37. The van der Waals surface area contributed by atoms with Crippen molar-refractivity contribution >= 4 is 11.6 Å². The Morgan fingerprint density at radius 2 is 2.10 bits per heavy atom. The molecule has 0 aliphatic carbocycles. The fraction of sp³-hybridized carbons (Fsp3) is 0.286. The second kappa shape index (κ2) is 5.32. The number of anilines is 1. The SMILES string of the molecule is CC(c1ccccc1F)N(C)C(=O)c1nn(C)cc1N. The molecule has 0 aliphatic heterocycles. The first kappa shape index (κ1) is 14.0. The molecule has 106 valence electrons. The maximum Gasteiger partial charge on any atom is 0.276 e. The molecule has 1 unspecified atom stereocenters. The second-order valence-electron chi connectivity index (χ2n) is 4.72. The van der Waals surface area contributed by atoms with Crippen LogP contribution in [0.5, 0.6) is 0 Å². The second-order valence-corrected chi connectivity index (χ2v) is 4.72. The van der Waals surface area contributed by atoms with E-state index < -0.39 is 6.04 Å². The molecular weight excluding hydrogens is 259 g/mol. The van der Waals surface area contributed by atoms with Crippen molar-refractivity contribution in [3.8, 4) is 0 Å². The molecule has 2 N–H and O–H groups in total. The molecule has 1 heterocycles. The van der Waals surface area contributed by atoms with Crippen molar-refractivity contribution in [1.29, 1.82) is 0 Å². The highest BCUT2D eigenvalue weighted by Gasteiger charge is 2.24. The lowest BCUT2D eigenvalue weighted by molar-refractivity contribution is 0.0734. The summed E-state index contributed by atoms with van der Waals surface area (Å²) in [5, 5.41) is 4.04. The van der Waals surface area contributed by atoms with Gasteiger partial charge >= 0.3 is 0 Å². The zero-order chi connectivity index (χ0) is 14.9. The van der Waals surface area contributed by atoms with Crippen molar-refractivity contribution in [2.45, 2.75) is 13.0 Å². The van der Waals surface area contributed by atoms with Crippen LogP contribution in [-0.2, 0) is 7.05 Å². The molecule has 0 fully saturated rings. The van der Waals surface area contributed by atoms with Gasteiger partial charge in [-0.3, -0.25) is 9.48 Å². The van der Waals surface area contributed by atoms with Gasteiger partial charge < -0.3 is 10.6 Å². The van der Waals surface area contributed by atoms with Gasteiger partial charge in [-0.25, -0.2) is 4.39 Å². The van der Waals surface area contributed by atoms with Crippen LogP contribution < -0.4 is 5.73 Å². The molecule has 1 aromatic heterocycles.